The first-order chi connectivity index (χ1) is 50.1. The van der Waals surface area contributed by atoms with E-state index in [1.165, 1.54) is 12.3 Å². The average molecular weight is 1090 g/mol. The highest BCUT2D eigenvalue weighted by Crippen LogP contribution is 2.42. The van der Waals surface area contributed by atoms with Crippen molar-refractivity contribution in [3.8, 4) is 50.9 Å². The van der Waals surface area contributed by atoms with E-state index in [0.29, 0.717) is 63.5 Å². The summed E-state index contributed by atoms with van der Waals surface area (Å²) in [5.74, 6) is 0.0208. The Bertz CT molecular complexity index is 5700. The minimum absolute atomic E-state index is 0.00792. The number of pyridine rings is 1. The molecule has 3 aromatic heterocycles. The number of para-hydroxylation sites is 4. The van der Waals surface area contributed by atoms with Crippen LogP contribution in [0.1, 0.15) is 97.7 Å². The van der Waals surface area contributed by atoms with Gasteiger partial charge in [-0.05, 0) is 115 Å². The van der Waals surface area contributed by atoms with E-state index in [2.05, 4.69) is 6.33 Å². The number of rotatable bonds is 12. The fourth-order valence-corrected chi connectivity index (χ4v) is 14.9. The molecular weight excluding hydrogens is 1000 g/mol. The van der Waals surface area contributed by atoms with Gasteiger partial charge in [0.25, 0.3) is 6.33 Å². The smallest absolute Gasteiger partial charge is 0.269 e. The van der Waals surface area contributed by atoms with Gasteiger partial charge in [0.05, 0.1) is 66.3 Å². The standard InChI is InChI=1S/C75H62N4OSi/c1-75(2,3)68-41-24-40-63(55-29-22-38-62(47-55)81(59-32-10-5-11-33-59,60-34-12-6-13-35-60)61-36-14-7-15-37-61)74(68)78-52-77(70-43-20-21-44-71(70)78)56-30-23-31-57(48-56)80-58-45-46-65-64-39-18-19-42-69(64)79(72(65)49-58)73-50-66(53-27-16-17-28-53)67(51-76-73)54-25-8-4-9-26-54/h4-15,18-26,29-51,53H,16-17,27-28H2,1-3H3/i4D,5D,6D,7D,8D,9D,10D,11D,12D,13D,14D,15D,22D,25D,26D,29D,32D,33D,34D,35D,36D,37D,38D,47D,53D. The number of imidazole rings is 1. The van der Waals surface area contributed by atoms with Gasteiger partial charge in [-0.15, -0.1) is 0 Å². The number of ether oxygens (including phenoxy) is 1. The van der Waals surface area contributed by atoms with Gasteiger partial charge in [0, 0.05) is 30.0 Å². The molecule has 10 aromatic carbocycles. The van der Waals surface area contributed by atoms with Crippen LogP contribution in [0.15, 0.2) is 266 Å². The van der Waals surface area contributed by atoms with E-state index in [0.717, 1.165) is 29.1 Å². The zero-order valence-electron chi connectivity index (χ0n) is 69.1. The van der Waals surface area contributed by atoms with Crippen molar-refractivity contribution >= 4 is 61.7 Å². The fraction of sp³-hybridized carbons (Fsp3) is 0.120. The molecule has 0 radical (unpaired) electrons. The van der Waals surface area contributed by atoms with Gasteiger partial charge in [-0.3, -0.25) is 13.7 Å². The molecule has 392 valence electrons. The van der Waals surface area contributed by atoms with Crippen LogP contribution in [0.3, 0.4) is 0 Å². The summed E-state index contributed by atoms with van der Waals surface area (Å²) >= 11 is 0. The predicted molar refractivity (Wildman–Crippen MR) is 337 cm³/mol. The van der Waals surface area contributed by atoms with Crippen molar-refractivity contribution in [2.45, 2.75) is 57.8 Å². The van der Waals surface area contributed by atoms with Crippen molar-refractivity contribution in [2.75, 3.05) is 0 Å². The van der Waals surface area contributed by atoms with E-state index in [4.69, 9.17) is 28.9 Å². The molecule has 14 rings (SSSR count). The highest BCUT2D eigenvalue weighted by Gasteiger charge is 2.41. The quantitative estimate of drug-likeness (QED) is 0.0529. The molecule has 13 aromatic rings. The minimum Gasteiger partial charge on any atom is -0.458 e. The maximum atomic E-state index is 10.8. The lowest BCUT2D eigenvalue weighted by Gasteiger charge is -2.35. The second-order valence-electron chi connectivity index (χ2n) is 20.7. The van der Waals surface area contributed by atoms with E-state index in [-0.39, 0.29) is 22.4 Å². The molecule has 0 spiro atoms. The Labute approximate surface area is 510 Å². The van der Waals surface area contributed by atoms with Crippen LogP contribution in [-0.4, -0.2) is 22.2 Å². The first kappa shape index (κ1) is 29.7. The Hall–Kier alpha value is -9.36. The zero-order chi connectivity index (χ0) is 76.3. The van der Waals surface area contributed by atoms with E-state index >= 15 is 0 Å². The SMILES string of the molecule is [2H]c1c([2H])c([2H])c(-c2cnc(-n3c4ccccc4c4ccc(Oc5cccc(-n6[c-][n+](-c7c(-c8c([2H])c([2H])c([2H])c([Si](c9c([2H])c([2H])c([2H])c([2H])c9[2H])(c9c([2H])c([2H])c([2H])c([2H])c9[2H])c9c([2H])c([2H])c([2H])c([2H])c9[2H])c8[2H])cccc7C(C)(C)C)c7ccccc76)c5)cc43)cc2C2([2H])CCCC2)c([2H])c1[2H]. The van der Waals surface area contributed by atoms with Crippen molar-refractivity contribution < 1.29 is 43.6 Å². The van der Waals surface area contributed by atoms with E-state index in [1.54, 1.807) is 63.7 Å². The topological polar surface area (TPSA) is 35.9 Å². The van der Waals surface area contributed by atoms with Gasteiger partial charge in [-0.2, -0.15) is 0 Å². The van der Waals surface area contributed by atoms with Crippen molar-refractivity contribution in [1.82, 2.24) is 14.1 Å². The molecular formula is C75H62N4OSi. The van der Waals surface area contributed by atoms with E-state index in [9.17, 15) is 15.1 Å². The molecule has 3 heterocycles. The first-order valence-electron chi connectivity index (χ1n) is 38.9. The lowest BCUT2D eigenvalue weighted by atomic mass is 9.83. The van der Waals surface area contributed by atoms with Crippen molar-refractivity contribution in [1.29, 1.82) is 0 Å². The minimum atomic E-state index is -6.21. The second kappa shape index (κ2) is 20.7. The van der Waals surface area contributed by atoms with Crippen LogP contribution in [0.4, 0.5) is 0 Å². The molecule has 1 aliphatic carbocycles. The average Bonchev–Trinajstić information content (AvgIpc) is 1.12. The number of hydrogen-bond donors (Lipinski definition) is 0. The number of hydrogen-bond acceptors (Lipinski definition) is 2. The molecule has 1 aliphatic rings. The van der Waals surface area contributed by atoms with Crippen LogP contribution >= 0.6 is 0 Å². The molecule has 0 amide bonds. The summed E-state index contributed by atoms with van der Waals surface area (Å²) in [7, 11) is -6.21. The molecule has 0 atom stereocenters. The van der Waals surface area contributed by atoms with E-state index < -0.39 is 191 Å². The van der Waals surface area contributed by atoms with Crippen LogP contribution in [0.2, 0.25) is 0 Å². The van der Waals surface area contributed by atoms with Crippen LogP contribution in [0.5, 0.6) is 11.5 Å². The lowest BCUT2D eigenvalue weighted by Crippen LogP contribution is -2.74. The van der Waals surface area contributed by atoms with Crippen LogP contribution in [-0.2, 0) is 5.41 Å². The Balaban J connectivity index is 0.971. The maximum absolute atomic E-state index is 10.8. The summed E-state index contributed by atoms with van der Waals surface area (Å²) in [5, 5.41) is -2.06. The van der Waals surface area contributed by atoms with Gasteiger partial charge in [0.1, 0.15) is 17.3 Å². The van der Waals surface area contributed by atoms with Crippen LogP contribution < -0.4 is 30.1 Å². The van der Waals surface area contributed by atoms with Gasteiger partial charge in [-0.25, -0.2) is 4.98 Å². The molecule has 0 unspecified atom stereocenters. The summed E-state index contributed by atoms with van der Waals surface area (Å²) in [5.41, 5.74) is 3.17. The van der Waals surface area contributed by atoms with Crippen molar-refractivity contribution in [2.24, 2.45) is 0 Å². The molecule has 0 N–H and O–H groups in total. The summed E-state index contributed by atoms with van der Waals surface area (Å²) in [4.78, 5) is 4.95. The lowest BCUT2D eigenvalue weighted by molar-refractivity contribution is -0.572. The summed E-state index contributed by atoms with van der Waals surface area (Å²) in [6.07, 6.45) is 7.50. The van der Waals surface area contributed by atoms with Crippen LogP contribution in [0, 0.1) is 6.33 Å². The summed E-state index contributed by atoms with van der Waals surface area (Å²) in [6.45, 7) is 5.70. The molecule has 1 saturated carbocycles. The van der Waals surface area contributed by atoms with E-state index in [1.807, 2.05) is 79.9 Å². The Morgan fingerprint density at radius 1 is 0.568 bits per heavy atom. The summed E-state index contributed by atoms with van der Waals surface area (Å²) in [6, 6.07) is 12.3. The third-order valence-corrected chi connectivity index (χ3v) is 19.0. The molecule has 1 fully saturated rings. The molecule has 0 aliphatic heterocycles. The number of nitrogens with zero attached hydrogens (tertiary/aromatic N) is 4. The third-order valence-electron chi connectivity index (χ3n) is 15.0. The second-order valence-corrected chi connectivity index (χ2v) is 24.2. The largest absolute Gasteiger partial charge is 0.458 e. The zero-order valence-corrected chi connectivity index (χ0v) is 45.1. The fourth-order valence-electron chi connectivity index (χ4n) is 11.3. The Morgan fingerprint density at radius 2 is 1.17 bits per heavy atom. The maximum Gasteiger partial charge on any atom is 0.269 e. The van der Waals surface area contributed by atoms with Gasteiger partial charge in [0.2, 0.25) is 0 Å². The van der Waals surface area contributed by atoms with Gasteiger partial charge in [-0.1, -0.05) is 245 Å². The first-order valence-corrected chi connectivity index (χ1v) is 28.4. The van der Waals surface area contributed by atoms with Crippen molar-refractivity contribution in [3.05, 3.63) is 284 Å². The molecule has 0 saturated heterocycles. The summed E-state index contributed by atoms with van der Waals surface area (Å²) < 4.78 is 245. The van der Waals surface area contributed by atoms with Gasteiger partial charge >= 0.3 is 0 Å². The Morgan fingerprint density at radius 3 is 1.88 bits per heavy atom. The number of benzene rings is 10. The van der Waals surface area contributed by atoms with Gasteiger partial charge < -0.3 is 4.74 Å². The van der Waals surface area contributed by atoms with Crippen molar-refractivity contribution in [3.63, 3.8) is 0 Å². The monoisotopic (exact) mass is 1090 g/mol. The molecule has 5 nitrogen and oxygen atoms in total. The molecule has 6 heteroatoms. The highest BCUT2D eigenvalue weighted by atomic mass is 28.3. The predicted octanol–water partition coefficient (Wildman–Crippen LogP) is 15.7. The molecule has 0 bridgehead atoms. The van der Waals surface area contributed by atoms with Crippen LogP contribution in [0.25, 0.3) is 72.3 Å². The van der Waals surface area contributed by atoms with Gasteiger partial charge in [0.15, 0.2) is 8.07 Å². The Kier molecular flexibility index (Phi) is 7.60. The normalized spacial score (nSPS) is 17.8. The highest BCUT2D eigenvalue weighted by molar-refractivity contribution is 7.19. The molecule has 81 heavy (non-hydrogen) atoms. The third kappa shape index (κ3) is 8.88. The number of aromatic nitrogens is 4. The number of fused-ring (bicyclic) bond motifs is 4.